The first-order valence-corrected chi connectivity index (χ1v) is 14.7. The summed E-state index contributed by atoms with van der Waals surface area (Å²) in [6.07, 6.45) is 28.8. The Hall–Kier alpha value is -1.70. The number of nitrogens with zero attached hydrogens (tertiary/aromatic N) is 2. The molecule has 0 N–H and O–H groups in total. The molecule has 2 aromatic rings. The normalized spacial score (nSPS) is 18.3. The van der Waals surface area contributed by atoms with E-state index in [1.54, 1.807) is 0 Å². The Morgan fingerprint density at radius 3 is 1.76 bits per heavy atom. The third-order valence-electron chi connectivity index (χ3n) is 8.01. The van der Waals surface area contributed by atoms with Crippen LogP contribution in [0.4, 0.5) is 0 Å². The Labute approximate surface area is 210 Å². The topological polar surface area (TPSA) is 25.8 Å². The maximum Gasteiger partial charge on any atom is 0.159 e. The Morgan fingerprint density at radius 1 is 0.588 bits per heavy atom. The molecule has 0 unspecified atom stereocenters. The first-order valence-electron chi connectivity index (χ1n) is 14.7. The summed E-state index contributed by atoms with van der Waals surface area (Å²) in [6, 6.07) is 8.90. The van der Waals surface area contributed by atoms with E-state index in [-0.39, 0.29) is 0 Å². The summed E-state index contributed by atoms with van der Waals surface area (Å²) in [7, 11) is 0. The highest BCUT2D eigenvalue weighted by atomic mass is 14.9. The van der Waals surface area contributed by atoms with E-state index in [1.807, 2.05) is 0 Å². The number of hydrogen-bond donors (Lipinski definition) is 0. The van der Waals surface area contributed by atoms with Crippen molar-refractivity contribution in [2.75, 3.05) is 0 Å². The van der Waals surface area contributed by atoms with E-state index in [2.05, 4.69) is 50.5 Å². The van der Waals surface area contributed by atoms with Gasteiger partial charge in [0, 0.05) is 18.0 Å². The summed E-state index contributed by atoms with van der Waals surface area (Å²) < 4.78 is 0. The molecule has 0 atom stereocenters. The molecule has 1 aliphatic rings. The maximum absolute atomic E-state index is 4.69. The van der Waals surface area contributed by atoms with Crippen LogP contribution in [0.2, 0.25) is 0 Å². The quantitative estimate of drug-likeness (QED) is 0.232. The Balaban J connectivity index is 1.33. The van der Waals surface area contributed by atoms with Gasteiger partial charge in [-0.3, -0.25) is 0 Å². The van der Waals surface area contributed by atoms with Crippen LogP contribution in [0, 0.1) is 11.8 Å². The lowest BCUT2D eigenvalue weighted by Crippen LogP contribution is -2.15. The number of aryl methyl sites for hydroxylation is 2. The highest BCUT2D eigenvalue weighted by molar-refractivity contribution is 5.55. The third kappa shape index (κ3) is 9.88. The average Bonchev–Trinajstić information content (AvgIpc) is 2.89. The molecule has 0 saturated heterocycles. The van der Waals surface area contributed by atoms with Gasteiger partial charge in [-0.05, 0) is 48.6 Å². The summed E-state index contributed by atoms with van der Waals surface area (Å²) in [6.45, 7) is 4.58. The van der Waals surface area contributed by atoms with Gasteiger partial charge in [-0.2, -0.15) is 0 Å². The number of hydrogen-bond acceptors (Lipinski definition) is 2. The van der Waals surface area contributed by atoms with Crippen molar-refractivity contribution in [1.82, 2.24) is 9.97 Å². The van der Waals surface area contributed by atoms with Crippen molar-refractivity contribution in [2.24, 2.45) is 11.8 Å². The highest BCUT2D eigenvalue weighted by Gasteiger charge is 2.20. The molecule has 1 fully saturated rings. The van der Waals surface area contributed by atoms with Gasteiger partial charge in [0.25, 0.3) is 0 Å². The fourth-order valence-electron chi connectivity index (χ4n) is 5.60. The van der Waals surface area contributed by atoms with Gasteiger partial charge < -0.3 is 0 Å². The van der Waals surface area contributed by atoms with Crippen LogP contribution in [-0.4, -0.2) is 9.97 Å². The van der Waals surface area contributed by atoms with Gasteiger partial charge in [-0.1, -0.05) is 128 Å². The highest BCUT2D eigenvalue weighted by Crippen LogP contribution is 2.34. The Bertz CT molecular complexity index is 757. The molecule has 1 aromatic carbocycles. The van der Waals surface area contributed by atoms with E-state index < -0.39 is 0 Å². The second kappa shape index (κ2) is 16.1. The molecule has 2 heteroatoms. The summed E-state index contributed by atoms with van der Waals surface area (Å²) >= 11 is 0. The van der Waals surface area contributed by atoms with Crippen LogP contribution >= 0.6 is 0 Å². The molecule has 1 saturated carbocycles. The Kier molecular flexibility index (Phi) is 12.7. The monoisotopic (exact) mass is 462 g/mol. The molecule has 2 nitrogen and oxygen atoms in total. The molecule has 1 heterocycles. The van der Waals surface area contributed by atoms with Crippen molar-refractivity contribution in [3.05, 3.63) is 47.8 Å². The van der Waals surface area contributed by atoms with E-state index in [1.165, 1.54) is 120 Å². The van der Waals surface area contributed by atoms with E-state index >= 15 is 0 Å². The predicted molar refractivity (Wildman–Crippen MR) is 147 cm³/mol. The zero-order chi connectivity index (χ0) is 23.8. The fourth-order valence-corrected chi connectivity index (χ4v) is 5.60. The minimum absolute atomic E-state index is 0.859. The molecule has 3 rings (SSSR count). The van der Waals surface area contributed by atoms with E-state index in [4.69, 9.17) is 9.97 Å². The van der Waals surface area contributed by atoms with Crippen molar-refractivity contribution in [2.45, 2.75) is 129 Å². The van der Waals surface area contributed by atoms with Crippen LogP contribution < -0.4 is 0 Å². The molecule has 34 heavy (non-hydrogen) atoms. The lowest BCUT2D eigenvalue weighted by atomic mass is 9.78. The van der Waals surface area contributed by atoms with Gasteiger partial charge in [-0.25, -0.2) is 9.97 Å². The Morgan fingerprint density at radius 2 is 1.15 bits per heavy atom. The van der Waals surface area contributed by atoms with Crippen molar-refractivity contribution in [3.63, 3.8) is 0 Å². The van der Waals surface area contributed by atoms with Gasteiger partial charge in [0.15, 0.2) is 5.82 Å². The van der Waals surface area contributed by atoms with Gasteiger partial charge in [0.2, 0.25) is 0 Å². The van der Waals surface area contributed by atoms with Gasteiger partial charge in [-0.15, -0.1) is 0 Å². The van der Waals surface area contributed by atoms with Gasteiger partial charge in [0.1, 0.15) is 0 Å². The summed E-state index contributed by atoms with van der Waals surface area (Å²) in [5, 5.41) is 0. The largest absolute Gasteiger partial charge is 0.236 e. The first kappa shape index (κ1) is 26.9. The van der Waals surface area contributed by atoms with Crippen molar-refractivity contribution in [1.29, 1.82) is 0 Å². The smallest absolute Gasteiger partial charge is 0.159 e. The lowest BCUT2D eigenvalue weighted by Gasteiger charge is -2.28. The fraction of sp³-hybridized carbons (Fsp3) is 0.688. The minimum Gasteiger partial charge on any atom is -0.236 e. The second-order valence-electron chi connectivity index (χ2n) is 10.9. The van der Waals surface area contributed by atoms with E-state index in [0.29, 0.717) is 0 Å². The number of aromatic nitrogens is 2. The van der Waals surface area contributed by atoms with Crippen molar-refractivity contribution >= 4 is 0 Å². The third-order valence-corrected chi connectivity index (χ3v) is 8.01. The molecule has 188 valence electrons. The molecule has 0 spiro atoms. The molecule has 1 aliphatic carbocycles. The van der Waals surface area contributed by atoms with Crippen LogP contribution in [0.25, 0.3) is 11.4 Å². The number of unbranched alkanes of at least 4 members (excludes halogenated alkanes) is 8. The van der Waals surface area contributed by atoms with Crippen LogP contribution in [0.3, 0.4) is 0 Å². The molecule has 1 aromatic heterocycles. The summed E-state index contributed by atoms with van der Waals surface area (Å²) in [5.41, 5.74) is 3.86. The van der Waals surface area contributed by atoms with Crippen molar-refractivity contribution < 1.29 is 0 Å². The van der Waals surface area contributed by atoms with Crippen LogP contribution in [0.15, 0.2) is 36.7 Å². The second-order valence-corrected chi connectivity index (χ2v) is 10.9. The molecular weight excluding hydrogens is 412 g/mol. The average molecular weight is 463 g/mol. The number of benzene rings is 1. The molecule has 0 aliphatic heterocycles. The minimum atomic E-state index is 0.859. The van der Waals surface area contributed by atoms with Crippen LogP contribution in [0.5, 0.6) is 0 Å². The van der Waals surface area contributed by atoms with Crippen LogP contribution in [-0.2, 0) is 12.8 Å². The van der Waals surface area contributed by atoms with E-state index in [0.717, 1.165) is 29.6 Å². The summed E-state index contributed by atoms with van der Waals surface area (Å²) in [5.74, 6) is 2.77. The lowest BCUT2D eigenvalue weighted by molar-refractivity contribution is 0.248. The van der Waals surface area contributed by atoms with Crippen molar-refractivity contribution in [3.8, 4) is 11.4 Å². The zero-order valence-corrected chi connectivity index (χ0v) is 22.2. The SMILES string of the molecule is CCCCCCCc1ccc(-c2ncc(CC[C@H]3CC[C@H](CCCCCCC)CC3)cn2)cc1. The van der Waals surface area contributed by atoms with Crippen LogP contribution in [0.1, 0.15) is 128 Å². The predicted octanol–water partition coefficient (Wildman–Crippen LogP) is 9.76. The van der Waals surface area contributed by atoms with Gasteiger partial charge in [0.05, 0.1) is 0 Å². The molecule has 0 bridgehead atoms. The molecule has 0 amide bonds. The standard InChI is InChI=1S/C32H50N2/c1-3-5-7-9-11-13-27-15-17-29(18-16-27)19-20-30-25-33-32(34-26-30)31-23-21-28(22-24-31)14-12-10-8-6-4-2/h21-27,29H,3-20H2,1-2H3/t27-,29-. The first-order chi connectivity index (χ1) is 16.8. The van der Waals surface area contributed by atoms with Gasteiger partial charge >= 0.3 is 0 Å². The number of rotatable bonds is 16. The molecule has 0 radical (unpaired) electrons. The molecular formula is C32H50N2. The zero-order valence-electron chi connectivity index (χ0n) is 22.2. The maximum atomic E-state index is 4.69. The van der Waals surface area contributed by atoms with E-state index in [9.17, 15) is 0 Å². The summed E-state index contributed by atoms with van der Waals surface area (Å²) in [4.78, 5) is 9.39.